The van der Waals surface area contributed by atoms with Crippen molar-refractivity contribution in [2.75, 3.05) is 18.8 Å². The SMILES string of the molecule is CCCC(=O)NC1CCCN(C(=O)CSc2nc3ccccc3s2)C1. The first kappa shape index (κ1) is 18.2. The van der Waals surface area contributed by atoms with Gasteiger partial charge in [-0.2, -0.15) is 0 Å². The molecule has 0 spiro atoms. The molecular formula is C18H23N3O2S2. The molecule has 25 heavy (non-hydrogen) atoms. The van der Waals surface area contributed by atoms with E-state index in [4.69, 9.17) is 0 Å². The summed E-state index contributed by atoms with van der Waals surface area (Å²) in [6.07, 6.45) is 3.29. The molecule has 1 fully saturated rings. The number of hydrogen-bond donors (Lipinski definition) is 1. The van der Waals surface area contributed by atoms with Gasteiger partial charge in [0.1, 0.15) is 0 Å². The summed E-state index contributed by atoms with van der Waals surface area (Å²) in [4.78, 5) is 30.7. The Balaban J connectivity index is 1.51. The van der Waals surface area contributed by atoms with E-state index in [2.05, 4.69) is 10.3 Å². The highest BCUT2D eigenvalue weighted by Gasteiger charge is 2.24. The summed E-state index contributed by atoms with van der Waals surface area (Å²) in [7, 11) is 0. The number of hydrogen-bond acceptors (Lipinski definition) is 5. The molecule has 1 atom stereocenters. The maximum Gasteiger partial charge on any atom is 0.233 e. The molecule has 0 saturated carbocycles. The fourth-order valence-electron chi connectivity index (χ4n) is 2.98. The van der Waals surface area contributed by atoms with Crippen molar-refractivity contribution in [1.82, 2.24) is 15.2 Å². The number of aromatic nitrogens is 1. The van der Waals surface area contributed by atoms with Gasteiger partial charge >= 0.3 is 0 Å². The van der Waals surface area contributed by atoms with Crippen LogP contribution < -0.4 is 5.32 Å². The Bertz CT molecular complexity index is 714. The summed E-state index contributed by atoms with van der Waals surface area (Å²) in [5.41, 5.74) is 0.985. The third kappa shape index (κ3) is 4.95. The van der Waals surface area contributed by atoms with Crippen molar-refractivity contribution in [1.29, 1.82) is 0 Å². The normalized spacial score (nSPS) is 17.6. The molecule has 2 amide bonds. The van der Waals surface area contributed by atoms with E-state index < -0.39 is 0 Å². The number of thioether (sulfide) groups is 1. The molecule has 5 nitrogen and oxygen atoms in total. The third-order valence-corrected chi connectivity index (χ3v) is 6.37. The first-order valence-electron chi connectivity index (χ1n) is 8.71. The molecular weight excluding hydrogens is 354 g/mol. The fraction of sp³-hybridized carbons (Fsp3) is 0.500. The predicted molar refractivity (Wildman–Crippen MR) is 103 cm³/mol. The zero-order chi connectivity index (χ0) is 17.6. The van der Waals surface area contributed by atoms with Crippen LogP contribution in [-0.4, -0.2) is 46.6 Å². The van der Waals surface area contributed by atoms with Crippen LogP contribution in [0.3, 0.4) is 0 Å². The van der Waals surface area contributed by atoms with E-state index in [-0.39, 0.29) is 17.9 Å². The smallest absolute Gasteiger partial charge is 0.233 e. The number of piperidine rings is 1. The average Bonchev–Trinajstić information content (AvgIpc) is 3.03. The van der Waals surface area contributed by atoms with Crippen LogP contribution in [0, 0.1) is 0 Å². The highest BCUT2D eigenvalue weighted by Crippen LogP contribution is 2.29. The summed E-state index contributed by atoms with van der Waals surface area (Å²) in [5.74, 6) is 0.611. The van der Waals surface area contributed by atoms with Crippen LogP contribution in [-0.2, 0) is 9.59 Å². The molecule has 3 rings (SSSR count). The quantitative estimate of drug-likeness (QED) is 0.785. The lowest BCUT2D eigenvalue weighted by atomic mass is 10.1. The summed E-state index contributed by atoms with van der Waals surface area (Å²) in [5, 5.41) is 3.05. The number of nitrogens with zero attached hydrogens (tertiary/aromatic N) is 2. The zero-order valence-corrected chi connectivity index (χ0v) is 16.0. The third-order valence-electron chi connectivity index (χ3n) is 4.21. The lowest BCUT2D eigenvalue weighted by Gasteiger charge is -2.33. The number of nitrogens with one attached hydrogen (secondary N) is 1. The van der Waals surface area contributed by atoms with Crippen molar-refractivity contribution in [2.45, 2.75) is 43.0 Å². The predicted octanol–water partition coefficient (Wildman–Crippen LogP) is 3.30. The first-order valence-corrected chi connectivity index (χ1v) is 10.5. The molecule has 0 aliphatic carbocycles. The van der Waals surface area contributed by atoms with Gasteiger partial charge < -0.3 is 10.2 Å². The number of thiazole rings is 1. The van der Waals surface area contributed by atoms with Crippen molar-refractivity contribution in [3.63, 3.8) is 0 Å². The number of benzene rings is 1. The van der Waals surface area contributed by atoms with Crippen LogP contribution in [0.2, 0.25) is 0 Å². The van der Waals surface area contributed by atoms with Crippen LogP contribution in [0.15, 0.2) is 28.6 Å². The molecule has 1 aliphatic rings. The van der Waals surface area contributed by atoms with Crippen LogP contribution in [0.4, 0.5) is 0 Å². The number of para-hydroxylation sites is 1. The monoisotopic (exact) mass is 377 g/mol. The molecule has 1 saturated heterocycles. The van der Waals surface area contributed by atoms with Crippen molar-refractivity contribution >= 4 is 45.1 Å². The molecule has 0 radical (unpaired) electrons. The summed E-state index contributed by atoms with van der Waals surface area (Å²) in [6.45, 7) is 3.39. The van der Waals surface area contributed by atoms with E-state index in [1.165, 1.54) is 11.8 Å². The Hall–Kier alpha value is -1.60. The number of carbonyl (C=O) groups is 2. The molecule has 0 bridgehead atoms. The molecule has 1 aromatic carbocycles. The highest BCUT2D eigenvalue weighted by atomic mass is 32.2. The van der Waals surface area contributed by atoms with Crippen LogP contribution in [0.1, 0.15) is 32.6 Å². The lowest BCUT2D eigenvalue weighted by Crippen LogP contribution is -2.50. The standard InChI is InChI=1S/C18H23N3O2S2/c1-2-6-16(22)19-13-7-5-10-21(11-13)17(23)12-24-18-20-14-8-3-4-9-15(14)25-18/h3-4,8-9,13H,2,5-7,10-12H2,1H3,(H,19,22). The minimum atomic E-state index is 0.0872. The average molecular weight is 378 g/mol. The van der Waals surface area contributed by atoms with Gasteiger partial charge in [-0.25, -0.2) is 4.98 Å². The number of rotatable bonds is 6. The van der Waals surface area contributed by atoms with E-state index in [0.29, 0.717) is 18.7 Å². The number of likely N-dealkylation sites (tertiary alicyclic amines) is 1. The topological polar surface area (TPSA) is 62.3 Å². The van der Waals surface area contributed by atoms with Gasteiger partial charge in [0.15, 0.2) is 4.34 Å². The Morgan fingerprint density at radius 1 is 1.40 bits per heavy atom. The van der Waals surface area contributed by atoms with Gasteiger partial charge in [-0.1, -0.05) is 30.8 Å². The molecule has 1 N–H and O–H groups in total. The van der Waals surface area contributed by atoms with E-state index in [9.17, 15) is 9.59 Å². The molecule has 134 valence electrons. The second-order valence-electron chi connectivity index (χ2n) is 6.23. The summed E-state index contributed by atoms with van der Waals surface area (Å²) in [6, 6.07) is 8.10. The van der Waals surface area contributed by atoms with Crippen LogP contribution >= 0.6 is 23.1 Å². The Morgan fingerprint density at radius 3 is 3.04 bits per heavy atom. The molecule has 2 aromatic rings. The Morgan fingerprint density at radius 2 is 2.24 bits per heavy atom. The maximum atomic E-state index is 12.5. The minimum absolute atomic E-state index is 0.0872. The van der Waals surface area contributed by atoms with E-state index >= 15 is 0 Å². The first-order chi connectivity index (χ1) is 12.2. The van der Waals surface area contributed by atoms with Crippen LogP contribution in [0.25, 0.3) is 10.2 Å². The molecule has 7 heteroatoms. The highest BCUT2D eigenvalue weighted by molar-refractivity contribution is 8.01. The van der Waals surface area contributed by atoms with Gasteiger partial charge in [0.05, 0.1) is 16.0 Å². The summed E-state index contributed by atoms with van der Waals surface area (Å²) < 4.78 is 2.08. The van der Waals surface area contributed by atoms with E-state index in [1.54, 1.807) is 11.3 Å². The Kier molecular flexibility index (Phi) is 6.31. The van der Waals surface area contributed by atoms with Gasteiger partial charge in [0.2, 0.25) is 11.8 Å². The number of fused-ring (bicyclic) bond motifs is 1. The maximum absolute atomic E-state index is 12.5. The van der Waals surface area contributed by atoms with Crippen molar-refractivity contribution in [3.05, 3.63) is 24.3 Å². The molecule has 2 heterocycles. The van der Waals surface area contributed by atoms with E-state index in [0.717, 1.165) is 40.4 Å². The van der Waals surface area contributed by atoms with Crippen molar-refractivity contribution in [3.8, 4) is 0 Å². The second-order valence-corrected chi connectivity index (χ2v) is 8.49. The van der Waals surface area contributed by atoms with Crippen molar-refractivity contribution in [2.24, 2.45) is 0 Å². The minimum Gasteiger partial charge on any atom is -0.352 e. The van der Waals surface area contributed by atoms with E-state index in [1.807, 2.05) is 36.1 Å². The Labute approximate surface area is 156 Å². The second kappa shape index (κ2) is 8.67. The lowest BCUT2D eigenvalue weighted by molar-refractivity contribution is -0.131. The summed E-state index contributed by atoms with van der Waals surface area (Å²) >= 11 is 3.12. The van der Waals surface area contributed by atoms with Gasteiger partial charge in [0.25, 0.3) is 0 Å². The van der Waals surface area contributed by atoms with Crippen molar-refractivity contribution < 1.29 is 9.59 Å². The van der Waals surface area contributed by atoms with Gasteiger partial charge in [-0.05, 0) is 31.4 Å². The van der Waals surface area contributed by atoms with Gasteiger partial charge in [-0.15, -0.1) is 11.3 Å². The molecule has 1 aliphatic heterocycles. The number of carbonyl (C=O) groups excluding carboxylic acids is 2. The zero-order valence-electron chi connectivity index (χ0n) is 14.4. The molecule has 1 unspecified atom stereocenters. The van der Waals surface area contributed by atoms with Gasteiger partial charge in [-0.3, -0.25) is 9.59 Å². The van der Waals surface area contributed by atoms with Crippen LogP contribution in [0.5, 0.6) is 0 Å². The molecule has 1 aromatic heterocycles. The fourth-order valence-corrected chi connectivity index (χ4v) is 4.95. The van der Waals surface area contributed by atoms with Gasteiger partial charge in [0, 0.05) is 25.6 Å². The largest absolute Gasteiger partial charge is 0.352 e. The number of amides is 2.